The van der Waals surface area contributed by atoms with Gasteiger partial charge in [0.25, 0.3) is 0 Å². The van der Waals surface area contributed by atoms with Gasteiger partial charge in [-0.1, -0.05) is 41.9 Å². The number of nitrogens with one attached hydrogen (secondary N) is 1. The molecule has 2 aromatic rings. The molecule has 0 bridgehead atoms. The van der Waals surface area contributed by atoms with Crippen LogP contribution in [0.2, 0.25) is 0 Å². The minimum atomic E-state index is -0.0295. The van der Waals surface area contributed by atoms with Gasteiger partial charge in [0.15, 0.2) is 0 Å². The van der Waals surface area contributed by atoms with Gasteiger partial charge < -0.3 is 10.1 Å². The summed E-state index contributed by atoms with van der Waals surface area (Å²) < 4.78 is 6.63. The number of hydrogen-bond acceptors (Lipinski definition) is 2. The number of rotatable bonds is 6. The number of carbonyl (C=O) groups excluding carboxylic acids is 1. The molecule has 2 rings (SSSR count). The summed E-state index contributed by atoms with van der Waals surface area (Å²) in [4.78, 5) is 12.0. The third-order valence-electron chi connectivity index (χ3n) is 3.00. The van der Waals surface area contributed by atoms with Gasteiger partial charge in [-0.25, -0.2) is 0 Å². The van der Waals surface area contributed by atoms with Gasteiger partial charge in [0.05, 0.1) is 13.0 Å². The Balaban J connectivity index is 1.87. The summed E-state index contributed by atoms with van der Waals surface area (Å²) in [7, 11) is 0. The van der Waals surface area contributed by atoms with E-state index in [1.807, 2.05) is 48.5 Å². The van der Waals surface area contributed by atoms with Crippen LogP contribution in [-0.2, 0) is 11.2 Å². The molecule has 0 aliphatic rings. The predicted octanol–water partition coefficient (Wildman–Crippen LogP) is 4.67. The van der Waals surface area contributed by atoms with Crippen molar-refractivity contribution in [2.75, 3.05) is 11.9 Å². The van der Waals surface area contributed by atoms with Crippen LogP contribution in [0.1, 0.15) is 19.4 Å². The molecule has 0 aromatic heterocycles. The zero-order valence-corrected chi connectivity index (χ0v) is 14.4. The van der Waals surface area contributed by atoms with Gasteiger partial charge in [-0.3, -0.25) is 4.79 Å². The van der Waals surface area contributed by atoms with Crippen LogP contribution < -0.4 is 10.1 Å². The fourth-order valence-corrected chi connectivity index (χ4v) is 2.15. The topological polar surface area (TPSA) is 38.3 Å². The lowest BCUT2D eigenvalue weighted by atomic mass is 10.1. The van der Waals surface area contributed by atoms with Crippen molar-refractivity contribution in [2.45, 2.75) is 20.3 Å². The summed E-state index contributed by atoms with van der Waals surface area (Å²) in [6.07, 6.45) is 0.360. The highest BCUT2D eigenvalue weighted by molar-refractivity contribution is 9.10. The minimum Gasteiger partial charge on any atom is -0.493 e. The molecule has 0 spiro atoms. The summed E-state index contributed by atoms with van der Waals surface area (Å²) in [6, 6.07) is 15.2. The molecule has 0 aliphatic carbocycles. The zero-order chi connectivity index (χ0) is 15.9. The first-order valence-corrected chi connectivity index (χ1v) is 8.09. The Morgan fingerprint density at radius 2 is 1.73 bits per heavy atom. The zero-order valence-electron chi connectivity index (χ0n) is 12.8. The Bertz CT molecular complexity index is 606. The molecule has 0 radical (unpaired) electrons. The van der Waals surface area contributed by atoms with E-state index in [0.717, 1.165) is 21.5 Å². The molecular weight excluding hydrogens is 342 g/mol. The summed E-state index contributed by atoms with van der Waals surface area (Å²) in [5.41, 5.74) is 1.76. The van der Waals surface area contributed by atoms with Gasteiger partial charge >= 0.3 is 0 Å². The van der Waals surface area contributed by atoms with E-state index in [0.29, 0.717) is 18.9 Å². The van der Waals surface area contributed by atoms with Gasteiger partial charge in [0, 0.05) is 10.2 Å². The number of benzene rings is 2. The Labute approximate surface area is 139 Å². The van der Waals surface area contributed by atoms with Gasteiger partial charge in [0.2, 0.25) is 5.91 Å². The summed E-state index contributed by atoms with van der Waals surface area (Å²) >= 11 is 3.38. The number of hydrogen-bond donors (Lipinski definition) is 1. The molecule has 0 fully saturated rings. The van der Waals surface area contributed by atoms with Crippen LogP contribution in [0.5, 0.6) is 5.75 Å². The van der Waals surface area contributed by atoms with Crippen LogP contribution in [0.15, 0.2) is 53.0 Å². The van der Waals surface area contributed by atoms with Crippen molar-refractivity contribution < 1.29 is 9.53 Å². The second-order valence-corrected chi connectivity index (χ2v) is 6.50. The Hall–Kier alpha value is -1.81. The van der Waals surface area contributed by atoms with E-state index in [2.05, 4.69) is 35.1 Å². The van der Waals surface area contributed by atoms with Crippen LogP contribution in [0.3, 0.4) is 0 Å². The minimum absolute atomic E-state index is 0.0295. The number of halogens is 1. The Morgan fingerprint density at radius 1 is 1.09 bits per heavy atom. The monoisotopic (exact) mass is 361 g/mol. The van der Waals surface area contributed by atoms with E-state index in [4.69, 9.17) is 4.74 Å². The predicted molar refractivity (Wildman–Crippen MR) is 93.3 cm³/mol. The SMILES string of the molecule is CC(C)COc1ccc(NC(=O)Cc2ccc(Br)cc2)cc1. The normalized spacial score (nSPS) is 10.5. The molecule has 4 heteroatoms. The van der Waals surface area contributed by atoms with Crippen molar-refractivity contribution in [1.82, 2.24) is 0 Å². The Kier molecular flexibility index (Phi) is 6.01. The molecule has 116 valence electrons. The summed E-state index contributed by atoms with van der Waals surface area (Å²) in [5, 5.41) is 2.89. The molecule has 1 N–H and O–H groups in total. The van der Waals surface area contributed by atoms with Gasteiger partial charge in [-0.05, 0) is 47.9 Å². The van der Waals surface area contributed by atoms with Crippen molar-refractivity contribution >= 4 is 27.5 Å². The molecule has 0 saturated carbocycles. The van der Waals surface area contributed by atoms with Gasteiger partial charge in [-0.2, -0.15) is 0 Å². The van der Waals surface area contributed by atoms with E-state index in [1.54, 1.807) is 0 Å². The second-order valence-electron chi connectivity index (χ2n) is 5.58. The van der Waals surface area contributed by atoms with E-state index in [-0.39, 0.29) is 5.91 Å². The number of amides is 1. The maximum absolute atomic E-state index is 12.0. The largest absolute Gasteiger partial charge is 0.493 e. The molecule has 22 heavy (non-hydrogen) atoms. The van der Waals surface area contributed by atoms with Crippen LogP contribution in [0, 0.1) is 5.92 Å². The third-order valence-corrected chi connectivity index (χ3v) is 3.53. The lowest BCUT2D eigenvalue weighted by Gasteiger charge is -2.10. The quantitative estimate of drug-likeness (QED) is 0.811. The van der Waals surface area contributed by atoms with Crippen LogP contribution >= 0.6 is 15.9 Å². The Morgan fingerprint density at radius 3 is 2.32 bits per heavy atom. The number of anilines is 1. The van der Waals surface area contributed by atoms with Crippen molar-refractivity contribution in [3.63, 3.8) is 0 Å². The molecule has 1 amide bonds. The highest BCUT2D eigenvalue weighted by Gasteiger charge is 2.05. The van der Waals surface area contributed by atoms with Crippen molar-refractivity contribution in [3.8, 4) is 5.75 Å². The number of ether oxygens (including phenoxy) is 1. The van der Waals surface area contributed by atoms with Gasteiger partial charge in [0.1, 0.15) is 5.75 Å². The molecule has 0 unspecified atom stereocenters. The first kappa shape index (κ1) is 16.6. The molecule has 0 aliphatic heterocycles. The van der Waals surface area contributed by atoms with E-state index in [9.17, 15) is 4.79 Å². The maximum Gasteiger partial charge on any atom is 0.228 e. The maximum atomic E-state index is 12.0. The summed E-state index contributed by atoms with van der Waals surface area (Å²) in [5.74, 6) is 1.28. The van der Waals surface area contributed by atoms with Gasteiger partial charge in [-0.15, -0.1) is 0 Å². The highest BCUT2D eigenvalue weighted by atomic mass is 79.9. The van der Waals surface area contributed by atoms with E-state index in [1.165, 1.54) is 0 Å². The average molecular weight is 362 g/mol. The fourth-order valence-electron chi connectivity index (χ4n) is 1.89. The first-order chi connectivity index (χ1) is 10.5. The smallest absolute Gasteiger partial charge is 0.228 e. The number of carbonyl (C=O) groups is 1. The van der Waals surface area contributed by atoms with Crippen LogP contribution in [0.25, 0.3) is 0 Å². The van der Waals surface area contributed by atoms with Crippen molar-refractivity contribution in [2.24, 2.45) is 5.92 Å². The van der Waals surface area contributed by atoms with E-state index < -0.39 is 0 Å². The average Bonchev–Trinajstić information content (AvgIpc) is 2.49. The van der Waals surface area contributed by atoms with Crippen molar-refractivity contribution in [3.05, 3.63) is 58.6 Å². The molecule has 0 atom stereocenters. The fraction of sp³-hybridized carbons (Fsp3) is 0.278. The van der Waals surface area contributed by atoms with Crippen LogP contribution in [0.4, 0.5) is 5.69 Å². The highest BCUT2D eigenvalue weighted by Crippen LogP contribution is 2.17. The molecule has 2 aromatic carbocycles. The second kappa shape index (κ2) is 7.99. The lowest BCUT2D eigenvalue weighted by molar-refractivity contribution is -0.115. The molecular formula is C18H20BrNO2. The van der Waals surface area contributed by atoms with Crippen LogP contribution in [-0.4, -0.2) is 12.5 Å². The van der Waals surface area contributed by atoms with Crippen molar-refractivity contribution in [1.29, 1.82) is 0 Å². The standard InChI is InChI=1S/C18H20BrNO2/c1-13(2)12-22-17-9-7-16(8-10-17)20-18(21)11-14-3-5-15(19)6-4-14/h3-10,13H,11-12H2,1-2H3,(H,20,21). The lowest BCUT2D eigenvalue weighted by Crippen LogP contribution is -2.14. The first-order valence-electron chi connectivity index (χ1n) is 7.30. The van der Waals surface area contributed by atoms with E-state index >= 15 is 0 Å². The molecule has 0 heterocycles. The summed E-state index contributed by atoms with van der Waals surface area (Å²) in [6.45, 7) is 4.91. The molecule has 3 nitrogen and oxygen atoms in total. The third kappa shape index (κ3) is 5.53. The molecule has 0 saturated heterocycles.